The van der Waals surface area contributed by atoms with Crippen molar-refractivity contribution in [3.05, 3.63) is 60.4 Å². The number of hydrogen-bond acceptors (Lipinski definition) is 5. The molecule has 5 nitrogen and oxygen atoms in total. The number of para-hydroxylation sites is 1. The Morgan fingerprint density at radius 3 is 2.70 bits per heavy atom. The van der Waals surface area contributed by atoms with E-state index in [2.05, 4.69) is 15.3 Å². The van der Waals surface area contributed by atoms with E-state index in [0.29, 0.717) is 11.4 Å². The summed E-state index contributed by atoms with van der Waals surface area (Å²) >= 11 is 0. The standard InChI is InChI=1S/C15H13N3O2/c19-15(20)11-5-6-16-14(8-11)18-12-7-10-3-1-2-4-13(10)17-9-12/h1-9,15,19-20H,(H,16,18). The molecule has 0 aliphatic heterocycles. The first-order valence-corrected chi connectivity index (χ1v) is 6.16. The second-order valence-corrected chi connectivity index (χ2v) is 4.39. The summed E-state index contributed by atoms with van der Waals surface area (Å²) in [6.45, 7) is 0. The molecular weight excluding hydrogens is 254 g/mol. The molecule has 5 heteroatoms. The van der Waals surface area contributed by atoms with Gasteiger partial charge in [-0.1, -0.05) is 18.2 Å². The average Bonchev–Trinajstić information content (AvgIpc) is 2.47. The van der Waals surface area contributed by atoms with E-state index in [1.807, 2.05) is 30.3 Å². The Kier molecular flexibility index (Phi) is 3.28. The van der Waals surface area contributed by atoms with Gasteiger partial charge in [-0.3, -0.25) is 4.98 Å². The minimum absolute atomic E-state index is 0.385. The van der Waals surface area contributed by atoms with E-state index in [9.17, 15) is 0 Å². The van der Waals surface area contributed by atoms with Crippen LogP contribution in [0.4, 0.5) is 11.5 Å². The summed E-state index contributed by atoms with van der Waals surface area (Å²) in [4.78, 5) is 8.48. The molecule has 3 rings (SSSR count). The largest absolute Gasteiger partial charge is 0.364 e. The van der Waals surface area contributed by atoms with Gasteiger partial charge in [0.05, 0.1) is 17.4 Å². The van der Waals surface area contributed by atoms with Crippen LogP contribution in [-0.4, -0.2) is 20.2 Å². The quantitative estimate of drug-likeness (QED) is 0.635. The molecule has 3 aromatic rings. The van der Waals surface area contributed by atoms with Gasteiger partial charge in [0.25, 0.3) is 0 Å². The number of anilines is 2. The van der Waals surface area contributed by atoms with E-state index in [1.54, 1.807) is 18.3 Å². The summed E-state index contributed by atoms with van der Waals surface area (Å²) in [6.07, 6.45) is 1.73. The van der Waals surface area contributed by atoms with Crippen molar-refractivity contribution in [3.8, 4) is 0 Å². The van der Waals surface area contributed by atoms with Crippen molar-refractivity contribution < 1.29 is 10.2 Å². The third kappa shape index (κ3) is 2.59. The number of aliphatic hydroxyl groups excluding tert-OH is 1. The van der Waals surface area contributed by atoms with Gasteiger partial charge < -0.3 is 15.5 Å². The van der Waals surface area contributed by atoms with Crippen LogP contribution in [0.15, 0.2) is 54.9 Å². The van der Waals surface area contributed by atoms with Crippen molar-refractivity contribution in [1.29, 1.82) is 0 Å². The highest BCUT2D eigenvalue weighted by atomic mass is 16.5. The minimum Gasteiger partial charge on any atom is -0.364 e. The Morgan fingerprint density at radius 2 is 1.85 bits per heavy atom. The molecule has 0 saturated carbocycles. The Hall–Kier alpha value is -2.50. The van der Waals surface area contributed by atoms with Crippen LogP contribution in [0.3, 0.4) is 0 Å². The lowest BCUT2D eigenvalue weighted by Crippen LogP contribution is -1.99. The summed E-state index contributed by atoms with van der Waals surface area (Å²) in [5, 5.41) is 22.4. The molecule has 20 heavy (non-hydrogen) atoms. The number of benzene rings is 1. The predicted octanol–water partition coefficient (Wildman–Crippen LogP) is 2.36. The van der Waals surface area contributed by atoms with Gasteiger partial charge >= 0.3 is 0 Å². The van der Waals surface area contributed by atoms with Gasteiger partial charge in [0.2, 0.25) is 0 Å². The Balaban J connectivity index is 1.90. The predicted molar refractivity (Wildman–Crippen MR) is 76.4 cm³/mol. The van der Waals surface area contributed by atoms with E-state index in [-0.39, 0.29) is 0 Å². The number of rotatable bonds is 3. The van der Waals surface area contributed by atoms with E-state index in [0.717, 1.165) is 16.6 Å². The number of aliphatic hydroxyl groups is 2. The van der Waals surface area contributed by atoms with Crippen molar-refractivity contribution >= 4 is 22.4 Å². The molecule has 0 fully saturated rings. The highest BCUT2D eigenvalue weighted by molar-refractivity contribution is 5.82. The highest BCUT2D eigenvalue weighted by Crippen LogP contribution is 2.20. The van der Waals surface area contributed by atoms with Crippen molar-refractivity contribution in [2.45, 2.75) is 6.29 Å². The molecule has 0 spiro atoms. The maximum absolute atomic E-state index is 9.14. The number of nitrogens with zero attached hydrogens (tertiary/aromatic N) is 2. The maximum Gasteiger partial charge on any atom is 0.178 e. The van der Waals surface area contributed by atoms with Crippen LogP contribution in [0.5, 0.6) is 0 Å². The Bertz CT molecular complexity index is 744. The minimum atomic E-state index is -1.51. The van der Waals surface area contributed by atoms with Gasteiger partial charge in [-0.05, 0) is 24.3 Å². The van der Waals surface area contributed by atoms with Gasteiger partial charge in [0, 0.05) is 17.1 Å². The number of pyridine rings is 2. The van der Waals surface area contributed by atoms with E-state index in [4.69, 9.17) is 10.2 Å². The van der Waals surface area contributed by atoms with Gasteiger partial charge in [0.15, 0.2) is 6.29 Å². The number of aromatic nitrogens is 2. The van der Waals surface area contributed by atoms with Crippen LogP contribution < -0.4 is 5.32 Å². The fourth-order valence-corrected chi connectivity index (χ4v) is 1.96. The smallest absolute Gasteiger partial charge is 0.178 e. The van der Waals surface area contributed by atoms with Gasteiger partial charge in [-0.2, -0.15) is 0 Å². The molecule has 2 heterocycles. The van der Waals surface area contributed by atoms with Crippen molar-refractivity contribution in [3.63, 3.8) is 0 Å². The number of hydrogen-bond donors (Lipinski definition) is 3. The second kappa shape index (κ2) is 5.24. The molecule has 0 saturated heterocycles. The summed E-state index contributed by atoms with van der Waals surface area (Å²) < 4.78 is 0. The number of fused-ring (bicyclic) bond motifs is 1. The second-order valence-electron chi connectivity index (χ2n) is 4.39. The SMILES string of the molecule is OC(O)c1ccnc(Nc2cnc3ccccc3c2)c1. The topological polar surface area (TPSA) is 78.3 Å². The normalized spacial score (nSPS) is 10.9. The lowest BCUT2D eigenvalue weighted by Gasteiger charge is -2.09. The molecule has 0 aliphatic rings. The van der Waals surface area contributed by atoms with Gasteiger partial charge in [-0.15, -0.1) is 0 Å². The van der Waals surface area contributed by atoms with Crippen LogP contribution in [0.1, 0.15) is 11.9 Å². The Labute approximate surface area is 115 Å². The van der Waals surface area contributed by atoms with Crippen LogP contribution in [0.25, 0.3) is 10.9 Å². The zero-order valence-corrected chi connectivity index (χ0v) is 10.6. The summed E-state index contributed by atoms with van der Waals surface area (Å²) in [6, 6.07) is 12.9. The van der Waals surface area contributed by atoms with Crippen molar-refractivity contribution in [2.75, 3.05) is 5.32 Å². The molecular formula is C15H13N3O2. The van der Waals surface area contributed by atoms with Crippen molar-refractivity contribution in [1.82, 2.24) is 9.97 Å². The molecule has 0 aliphatic carbocycles. The van der Waals surface area contributed by atoms with E-state index >= 15 is 0 Å². The first-order valence-electron chi connectivity index (χ1n) is 6.16. The molecule has 0 radical (unpaired) electrons. The monoisotopic (exact) mass is 267 g/mol. The lowest BCUT2D eigenvalue weighted by molar-refractivity contribution is -0.0425. The summed E-state index contributed by atoms with van der Waals surface area (Å²) in [5.74, 6) is 0.535. The molecule has 0 atom stereocenters. The molecule has 0 unspecified atom stereocenters. The highest BCUT2D eigenvalue weighted by Gasteiger charge is 2.05. The molecule has 0 amide bonds. The van der Waals surface area contributed by atoms with Crippen LogP contribution >= 0.6 is 0 Å². The van der Waals surface area contributed by atoms with Crippen LogP contribution in [-0.2, 0) is 0 Å². The van der Waals surface area contributed by atoms with Gasteiger partial charge in [0.1, 0.15) is 5.82 Å². The van der Waals surface area contributed by atoms with Crippen LogP contribution in [0, 0.1) is 0 Å². The maximum atomic E-state index is 9.14. The molecule has 3 N–H and O–H groups in total. The average molecular weight is 267 g/mol. The number of nitrogens with one attached hydrogen (secondary N) is 1. The molecule has 0 bridgehead atoms. The zero-order valence-electron chi connectivity index (χ0n) is 10.6. The fraction of sp³-hybridized carbons (Fsp3) is 0.0667. The van der Waals surface area contributed by atoms with Gasteiger partial charge in [-0.25, -0.2) is 4.98 Å². The summed E-state index contributed by atoms with van der Waals surface area (Å²) in [5.41, 5.74) is 2.10. The first-order chi connectivity index (χ1) is 9.72. The van der Waals surface area contributed by atoms with E-state index < -0.39 is 6.29 Å². The third-order valence-electron chi connectivity index (χ3n) is 2.95. The third-order valence-corrected chi connectivity index (χ3v) is 2.95. The zero-order chi connectivity index (χ0) is 13.9. The van der Waals surface area contributed by atoms with Crippen LogP contribution in [0.2, 0.25) is 0 Å². The fourth-order valence-electron chi connectivity index (χ4n) is 1.96. The molecule has 100 valence electrons. The Morgan fingerprint density at radius 1 is 1.00 bits per heavy atom. The molecule has 1 aromatic carbocycles. The summed E-state index contributed by atoms with van der Waals surface area (Å²) in [7, 11) is 0. The first kappa shape index (κ1) is 12.5. The van der Waals surface area contributed by atoms with Crippen molar-refractivity contribution in [2.24, 2.45) is 0 Å². The lowest BCUT2D eigenvalue weighted by atomic mass is 10.2. The van der Waals surface area contributed by atoms with E-state index in [1.165, 1.54) is 6.20 Å². The molecule has 2 aromatic heterocycles.